The van der Waals surface area contributed by atoms with Crippen molar-refractivity contribution in [1.29, 1.82) is 0 Å². The molecule has 3 heterocycles. The Kier molecular flexibility index (Phi) is 4.97. The first-order valence-corrected chi connectivity index (χ1v) is 8.15. The molecule has 0 spiro atoms. The topological polar surface area (TPSA) is 117 Å². The molecule has 3 aromatic rings. The smallest absolute Gasteiger partial charge is 0.413 e. The molecule has 0 saturated carbocycles. The molecule has 11 nitrogen and oxygen atoms in total. The predicted octanol–water partition coefficient (Wildman–Crippen LogP) is 1.92. The van der Waals surface area contributed by atoms with Crippen molar-refractivity contribution in [3.8, 4) is 17.1 Å². The quantitative estimate of drug-likeness (QED) is 0.513. The fraction of sp³-hybridized carbons (Fsp3) is 0.375. The monoisotopic (exact) mass is 375 g/mol. The normalized spacial score (nSPS) is 11.6. The molecule has 3 rings (SSSR count). The van der Waals surface area contributed by atoms with Gasteiger partial charge < -0.3 is 4.74 Å². The zero-order valence-electron chi connectivity index (χ0n) is 15.7. The SMILES string of the molecule is CNOOc1nc(-c2cnn(C)c2)cn2nc(NC(=O)OC(C)(C)C)cc12. The molecule has 27 heavy (non-hydrogen) atoms. The molecule has 0 fully saturated rings. The lowest BCUT2D eigenvalue weighted by atomic mass is 10.2. The summed E-state index contributed by atoms with van der Waals surface area (Å²) in [5.41, 5.74) is 3.62. The van der Waals surface area contributed by atoms with E-state index in [0.717, 1.165) is 5.56 Å². The Morgan fingerprint density at radius 3 is 2.67 bits per heavy atom. The number of ether oxygens (including phenoxy) is 1. The van der Waals surface area contributed by atoms with E-state index in [1.165, 1.54) is 4.52 Å². The van der Waals surface area contributed by atoms with E-state index >= 15 is 0 Å². The zero-order chi connectivity index (χ0) is 19.6. The summed E-state index contributed by atoms with van der Waals surface area (Å²) in [5, 5.41) is 11.0. The van der Waals surface area contributed by atoms with Gasteiger partial charge in [-0.25, -0.2) is 14.3 Å². The van der Waals surface area contributed by atoms with Crippen LogP contribution in [0.4, 0.5) is 10.6 Å². The second-order valence-corrected chi connectivity index (χ2v) is 6.69. The van der Waals surface area contributed by atoms with Crippen LogP contribution in [-0.2, 0) is 16.8 Å². The summed E-state index contributed by atoms with van der Waals surface area (Å²) in [5.74, 6) is 0.444. The minimum absolute atomic E-state index is 0.162. The molecule has 0 aromatic carbocycles. The van der Waals surface area contributed by atoms with Gasteiger partial charge in [-0.1, -0.05) is 4.99 Å². The van der Waals surface area contributed by atoms with Gasteiger partial charge in [-0.15, -0.1) is 5.10 Å². The molecule has 3 aromatic heterocycles. The Labute approximate surface area is 155 Å². The molecular weight excluding hydrogens is 354 g/mol. The number of aromatic nitrogens is 5. The summed E-state index contributed by atoms with van der Waals surface area (Å²) in [7, 11) is 3.36. The lowest BCUT2D eigenvalue weighted by Crippen LogP contribution is -2.27. The minimum Gasteiger partial charge on any atom is -0.444 e. The molecule has 0 unspecified atom stereocenters. The fourth-order valence-electron chi connectivity index (χ4n) is 2.27. The molecule has 0 bridgehead atoms. The number of nitrogens with one attached hydrogen (secondary N) is 2. The van der Waals surface area contributed by atoms with Crippen LogP contribution in [0.5, 0.6) is 5.88 Å². The summed E-state index contributed by atoms with van der Waals surface area (Å²) in [6.45, 7) is 5.34. The standard InChI is InChI=1S/C16H21N7O4/c1-16(2,3)25-15(24)20-13-6-12-14(26-27-17-4)19-11(9-23(12)21-13)10-7-18-22(5)8-10/h6-9,17H,1-5H3,(H,20,21,24). The highest BCUT2D eigenvalue weighted by atomic mass is 17.3. The van der Waals surface area contributed by atoms with Gasteiger partial charge in [-0.05, 0) is 20.8 Å². The third kappa shape index (κ3) is 4.51. The van der Waals surface area contributed by atoms with Gasteiger partial charge in [0.15, 0.2) is 5.82 Å². The Balaban J connectivity index is 1.96. The first-order chi connectivity index (χ1) is 12.7. The van der Waals surface area contributed by atoms with Crippen LogP contribution in [-0.4, -0.2) is 43.1 Å². The van der Waals surface area contributed by atoms with Gasteiger partial charge in [-0.2, -0.15) is 10.6 Å². The molecule has 144 valence electrons. The fourth-order valence-corrected chi connectivity index (χ4v) is 2.27. The van der Waals surface area contributed by atoms with E-state index in [1.54, 1.807) is 64.2 Å². The summed E-state index contributed by atoms with van der Waals surface area (Å²) in [4.78, 5) is 26.4. The molecule has 0 radical (unpaired) electrons. The highest BCUT2D eigenvalue weighted by molar-refractivity contribution is 5.85. The maximum atomic E-state index is 12.0. The highest BCUT2D eigenvalue weighted by Crippen LogP contribution is 2.26. The van der Waals surface area contributed by atoms with Gasteiger partial charge >= 0.3 is 6.09 Å². The van der Waals surface area contributed by atoms with E-state index in [1.807, 2.05) is 0 Å². The highest BCUT2D eigenvalue weighted by Gasteiger charge is 2.19. The van der Waals surface area contributed by atoms with Crippen LogP contribution in [0.1, 0.15) is 20.8 Å². The van der Waals surface area contributed by atoms with E-state index in [0.29, 0.717) is 11.2 Å². The number of hydrogen-bond acceptors (Lipinski definition) is 8. The number of hydroxylamine groups is 1. The van der Waals surface area contributed by atoms with E-state index in [-0.39, 0.29) is 11.7 Å². The van der Waals surface area contributed by atoms with E-state index < -0.39 is 11.7 Å². The molecule has 0 aliphatic heterocycles. The van der Waals surface area contributed by atoms with Gasteiger partial charge in [-0.3, -0.25) is 14.9 Å². The van der Waals surface area contributed by atoms with Crippen LogP contribution in [0.15, 0.2) is 24.7 Å². The van der Waals surface area contributed by atoms with Gasteiger partial charge in [0, 0.05) is 31.9 Å². The molecule has 11 heteroatoms. The number of carbonyl (C=O) groups is 1. The number of anilines is 1. The molecular formula is C16H21N7O4. The van der Waals surface area contributed by atoms with Crippen molar-refractivity contribution in [1.82, 2.24) is 29.9 Å². The maximum Gasteiger partial charge on any atom is 0.413 e. The van der Waals surface area contributed by atoms with Crippen LogP contribution in [0.3, 0.4) is 0 Å². The van der Waals surface area contributed by atoms with Crippen LogP contribution in [0.25, 0.3) is 16.8 Å². The van der Waals surface area contributed by atoms with Crippen LogP contribution in [0.2, 0.25) is 0 Å². The minimum atomic E-state index is -0.618. The predicted molar refractivity (Wildman–Crippen MR) is 95.8 cm³/mol. The van der Waals surface area contributed by atoms with Crippen molar-refractivity contribution in [3.05, 3.63) is 24.7 Å². The summed E-state index contributed by atoms with van der Waals surface area (Å²) < 4.78 is 8.42. The summed E-state index contributed by atoms with van der Waals surface area (Å²) in [6, 6.07) is 1.60. The van der Waals surface area contributed by atoms with E-state index in [4.69, 9.17) is 14.6 Å². The first-order valence-electron chi connectivity index (χ1n) is 8.15. The van der Waals surface area contributed by atoms with Gasteiger partial charge in [0.1, 0.15) is 11.1 Å². The Bertz CT molecular complexity index is 957. The molecule has 0 aliphatic carbocycles. The van der Waals surface area contributed by atoms with Crippen molar-refractivity contribution in [2.45, 2.75) is 26.4 Å². The van der Waals surface area contributed by atoms with Crippen molar-refractivity contribution in [2.24, 2.45) is 7.05 Å². The van der Waals surface area contributed by atoms with Crippen molar-refractivity contribution < 1.29 is 19.4 Å². The lowest BCUT2D eigenvalue weighted by molar-refractivity contribution is -0.253. The molecule has 0 atom stereocenters. The lowest BCUT2D eigenvalue weighted by Gasteiger charge is -2.18. The van der Waals surface area contributed by atoms with Crippen molar-refractivity contribution >= 4 is 17.4 Å². The maximum absolute atomic E-state index is 12.0. The number of amides is 1. The average Bonchev–Trinajstić information content (AvgIpc) is 3.16. The number of fused-ring (bicyclic) bond motifs is 1. The Morgan fingerprint density at radius 1 is 1.26 bits per heavy atom. The van der Waals surface area contributed by atoms with Crippen molar-refractivity contribution in [2.75, 3.05) is 12.4 Å². The third-order valence-corrected chi connectivity index (χ3v) is 3.26. The van der Waals surface area contributed by atoms with Crippen LogP contribution >= 0.6 is 0 Å². The van der Waals surface area contributed by atoms with Crippen LogP contribution in [0, 0.1) is 0 Å². The second-order valence-electron chi connectivity index (χ2n) is 6.69. The van der Waals surface area contributed by atoms with Crippen LogP contribution < -0.4 is 15.7 Å². The Morgan fingerprint density at radius 2 is 2.04 bits per heavy atom. The number of carbonyl (C=O) groups excluding carboxylic acids is 1. The number of rotatable bonds is 5. The summed E-state index contributed by atoms with van der Waals surface area (Å²) >= 11 is 0. The van der Waals surface area contributed by atoms with Gasteiger partial charge in [0.2, 0.25) is 0 Å². The third-order valence-electron chi connectivity index (χ3n) is 3.26. The number of aryl methyl sites for hydroxylation is 1. The Hall–Kier alpha value is -3.18. The largest absolute Gasteiger partial charge is 0.444 e. The zero-order valence-corrected chi connectivity index (χ0v) is 15.7. The summed E-state index contributed by atoms with van der Waals surface area (Å²) in [6.07, 6.45) is 4.56. The second kappa shape index (κ2) is 7.21. The molecule has 1 amide bonds. The average molecular weight is 375 g/mol. The molecule has 0 aliphatic rings. The number of hydrogen-bond donors (Lipinski definition) is 2. The van der Waals surface area contributed by atoms with E-state index in [9.17, 15) is 4.79 Å². The molecule has 0 saturated heterocycles. The van der Waals surface area contributed by atoms with Crippen molar-refractivity contribution in [3.63, 3.8) is 0 Å². The van der Waals surface area contributed by atoms with Gasteiger partial charge in [0.25, 0.3) is 5.88 Å². The first kappa shape index (κ1) is 18.6. The number of nitrogens with zero attached hydrogens (tertiary/aromatic N) is 5. The molecule has 2 N–H and O–H groups in total. The van der Waals surface area contributed by atoms with E-state index in [2.05, 4.69) is 26.0 Å². The van der Waals surface area contributed by atoms with Gasteiger partial charge in [0.05, 0.1) is 18.1 Å².